The van der Waals surface area contributed by atoms with Crippen molar-refractivity contribution in [2.75, 3.05) is 6.54 Å². The van der Waals surface area contributed by atoms with Gasteiger partial charge >= 0.3 is 5.97 Å². The molecule has 0 spiro atoms. The summed E-state index contributed by atoms with van der Waals surface area (Å²) in [6, 6.07) is 7.60. The molecule has 12 nitrogen and oxygen atoms in total. The van der Waals surface area contributed by atoms with E-state index in [-0.39, 0.29) is 23.2 Å². The molecule has 1 aromatic carbocycles. The molecule has 2 aromatic rings. The molecule has 2 heterocycles. The second-order valence-electron chi connectivity index (χ2n) is 7.87. The van der Waals surface area contributed by atoms with Gasteiger partial charge in [0.15, 0.2) is 0 Å². The number of hydroxylamine groups is 1. The first-order valence-electron chi connectivity index (χ1n) is 10.3. The van der Waals surface area contributed by atoms with E-state index < -0.39 is 40.6 Å². The van der Waals surface area contributed by atoms with E-state index in [1.165, 1.54) is 18.3 Å². The van der Waals surface area contributed by atoms with Crippen molar-refractivity contribution in [3.63, 3.8) is 0 Å². The Labute approximate surface area is 196 Å². The van der Waals surface area contributed by atoms with Crippen molar-refractivity contribution >= 4 is 27.7 Å². The van der Waals surface area contributed by atoms with E-state index in [9.17, 15) is 23.1 Å². The molecule has 1 fully saturated rings. The van der Waals surface area contributed by atoms with E-state index in [0.29, 0.717) is 23.2 Å². The minimum absolute atomic E-state index is 0.0634. The van der Waals surface area contributed by atoms with Gasteiger partial charge in [-0.1, -0.05) is 12.1 Å². The number of carboxylic acid groups (broad SMARTS) is 1. The van der Waals surface area contributed by atoms with Crippen molar-refractivity contribution in [3.8, 4) is 0 Å². The Hall–Kier alpha value is -3.39. The van der Waals surface area contributed by atoms with Crippen LogP contribution in [0.5, 0.6) is 0 Å². The second-order valence-corrected chi connectivity index (χ2v) is 9.58. The van der Waals surface area contributed by atoms with Crippen LogP contribution in [-0.4, -0.2) is 54.9 Å². The fourth-order valence-electron chi connectivity index (χ4n) is 3.33. The third-order valence-electron chi connectivity index (χ3n) is 5.14. The molecule has 34 heavy (non-hydrogen) atoms. The molecule has 2 unspecified atom stereocenters. The fraction of sp³-hybridized carbons (Fsp3) is 0.333. The zero-order valence-corrected chi connectivity index (χ0v) is 19.1. The molecular weight excluding hydrogens is 464 g/mol. The molecule has 1 aliphatic heterocycles. The highest BCUT2D eigenvalue weighted by Gasteiger charge is 2.30. The van der Waals surface area contributed by atoms with Crippen LogP contribution < -0.4 is 21.3 Å². The van der Waals surface area contributed by atoms with Crippen LogP contribution >= 0.6 is 0 Å². The summed E-state index contributed by atoms with van der Waals surface area (Å²) in [6.07, 6.45) is 1.35. The summed E-state index contributed by atoms with van der Waals surface area (Å²) in [4.78, 5) is 33.5. The fourth-order valence-corrected chi connectivity index (χ4v) is 4.62. The van der Waals surface area contributed by atoms with Crippen LogP contribution in [-0.2, 0) is 24.4 Å². The first kappa shape index (κ1) is 25.2. The molecule has 0 bridgehead atoms. The van der Waals surface area contributed by atoms with Crippen LogP contribution in [0.15, 0.2) is 47.5 Å². The van der Waals surface area contributed by atoms with E-state index >= 15 is 0 Å². The number of nitrogen functional groups attached to an aromatic ring is 1. The number of sulfonamides is 1. The van der Waals surface area contributed by atoms with E-state index in [4.69, 9.17) is 16.0 Å². The van der Waals surface area contributed by atoms with Crippen molar-refractivity contribution in [3.05, 3.63) is 59.4 Å². The number of hydrogen-bond donors (Lipinski definition) is 6. The summed E-state index contributed by atoms with van der Waals surface area (Å²) in [5.74, 6) is -2.01. The number of carboxylic acids is 1. The molecule has 13 heteroatoms. The largest absolute Gasteiger partial charge is 0.480 e. The standard InChI is InChI=1S/C21H26N6O6S/c1-12-3-2-4-15(7-12)34(31,32)27-18(21(29)30)11-25-19(28)9-14-8-17(26-33-14)16-6-5-13(10-24-16)20(22)23/h2-7,10,14,17-18,26-27H,8-9,11H2,1H3,(H3,22,23)(H,25,28)(H,29,30)/t14-,17?,18?/m0/s1. The number of amides is 1. The van der Waals surface area contributed by atoms with Crippen molar-refractivity contribution in [1.82, 2.24) is 20.5 Å². The molecule has 1 saturated heterocycles. The molecule has 1 amide bonds. The van der Waals surface area contributed by atoms with Gasteiger partial charge in [0.1, 0.15) is 11.9 Å². The number of nitrogens with zero attached hydrogens (tertiary/aromatic N) is 1. The van der Waals surface area contributed by atoms with Gasteiger partial charge in [0.05, 0.1) is 29.2 Å². The Morgan fingerprint density at radius 1 is 1.35 bits per heavy atom. The highest BCUT2D eigenvalue weighted by molar-refractivity contribution is 7.89. The average molecular weight is 491 g/mol. The molecule has 3 rings (SSSR count). The number of hydrogen-bond acceptors (Lipinski definition) is 8. The lowest BCUT2D eigenvalue weighted by Gasteiger charge is -2.16. The SMILES string of the molecule is Cc1cccc(S(=O)(=O)NC(CNC(=O)C[C@@H]2CC(c3ccc(C(=N)N)cn3)NO2)C(=O)O)c1. The first-order chi connectivity index (χ1) is 16.0. The molecule has 0 radical (unpaired) electrons. The maximum Gasteiger partial charge on any atom is 0.323 e. The molecule has 3 atom stereocenters. The lowest BCUT2D eigenvalue weighted by Crippen LogP contribution is -2.48. The van der Waals surface area contributed by atoms with Gasteiger partial charge in [0.2, 0.25) is 15.9 Å². The number of nitrogens with one attached hydrogen (secondary N) is 4. The van der Waals surface area contributed by atoms with Crippen molar-refractivity contribution in [1.29, 1.82) is 5.41 Å². The zero-order chi connectivity index (χ0) is 24.9. The van der Waals surface area contributed by atoms with Crippen LogP contribution in [0.1, 0.15) is 35.7 Å². The maximum atomic E-state index is 12.5. The Balaban J connectivity index is 1.52. The first-order valence-corrected chi connectivity index (χ1v) is 11.8. The number of aliphatic carboxylic acids is 1. The van der Waals surface area contributed by atoms with E-state index in [0.717, 1.165) is 0 Å². The third kappa shape index (κ3) is 6.57. The van der Waals surface area contributed by atoms with Gasteiger partial charge in [-0.25, -0.2) is 8.42 Å². The summed E-state index contributed by atoms with van der Waals surface area (Å²) in [7, 11) is -4.09. The Kier molecular flexibility index (Phi) is 7.94. The van der Waals surface area contributed by atoms with E-state index in [1.54, 1.807) is 31.2 Å². The van der Waals surface area contributed by atoms with Crippen molar-refractivity contribution in [2.24, 2.45) is 5.73 Å². The average Bonchev–Trinajstić information content (AvgIpc) is 3.25. The lowest BCUT2D eigenvalue weighted by atomic mass is 10.0. The number of rotatable bonds is 10. The summed E-state index contributed by atoms with van der Waals surface area (Å²) >= 11 is 0. The van der Waals surface area contributed by atoms with Gasteiger partial charge in [-0.3, -0.25) is 24.8 Å². The maximum absolute atomic E-state index is 12.5. The number of benzene rings is 1. The Morgan fingerprint density at radius 2 is 2.12 bits per heavy atom. The topological polar surface area (TPSA) is 197 Å². The third-order valence-corrected chi connectivity index (χ3v) is 6.61. The molecule has 1 aromatic heterocycles. The predicted molar refractivity (Wildman–Crippen MR) is 121 cm³/mol. The molecule has 0 saturated carbocycles. The summed E-state index contributed by atoms with van der Waals surface area (Å²) < 4.78 is 27.1. The number of nitrogens with two attached hydrogens (primary N) is 1. The quantitative estimate of drug-likeness (QED) is 0.195. The van der Waals surface area contributed by atoms with Gasteiger partial charge in [0, 0.05) is 18.3 Å². The molecule has 0 aliphatic carbocycles. The Morgan fingerprint density at radius 3 is 2.74 bits per heavy atom. The van der Waals surface area contributed by atoms with E-state index in [1.807, 2.05) is 0 Å². The Bertz CT molecular complexity index is 1170. The number of pyridine rings is 1. The zero-order valence-electron chi connectivity index (χ0n) is 18.3. The summed E-state index contributed by atoms with van der Waals surface area (Å²) in [6.45, 7) is 1.28. The van der Waals surface area contributed by atoms with Gasteiger partial charge in [-0.15, -0.1) is 0 Å². The number of aryl methyl sites for hydroxylation is 1. The minimum Gasteiger partial charge on any atom is -0.480 e. The predicted octanol–water partition coefficient (Wildman–Crippen LogP) is -0.0533. The van der Waals surface area contributed by atoms with Crippen LogP contribution in [0.4, 0.5) is 0 Å². The number of carbonyl (C=O) groups is 2. The van der Waals surface area contributed by atoms with Crippen molar-refractivity contribution < 1.29 is 28.0 Å². The molecule has 182 valence electrons. The highest BCUT2D eigenvalue weighted by Crippen LogP contribution is 2.25. The number of carbonyl (C=O) groups excluding carboxylic acids is 1. The summed E-state index contributed by atoms with van der Waals surface area (Å²) in [5.41, 5.74) is 10.1. The molecular formula is C21H26N6O6S. The van der Waals surface area contributed by atoms with Crippen LogP contribution in [0.25, 0.3) is 0 Å². The molecule has 1 aliphatic rings. The van der Waals surface area contributed by atoms with Gasteiger partial charge in [0.25, 0.3) is 0 Å². The monoisotopic (exact) mass is 490 g/mol. The minimum atomic E-state index is -4.09. The van der Waals surface area contributed by atoms with Crippen LogP contribution in [0, 0.1) is 12.3 Å². The lowest BCUT2D eigenvalue weighted by molar-refractivity contribution is -0.139. The summed E-state index contributed by atoms with van der Waals surface area (Å²) in [5, 5.41) is 19.3. The van der Waals surface area contributed by atoms with Crippen LogP contribution in [0.3, 0.4) is 0 Å². The molecule has 7 N–H and O–H groups in total. The smallest absolute Gasteiger partial charge is 0.323 e. The van der Waals surface area contributed by atoms with Gasteiger partial charge in [-0.2, -0.15) is 10.2 Å². The highest BCUT2D eigenvalue weighted by atomic mass is 32.2. The van der Waals surface area contributed by atoms with Crippen LogP contribution in [0.2, 0.25) is 0 Å². The van der Waals surface area contributed by atoms with E-state index in [2.05, 4.69) is 20.5 Å². The number of aromatic nitrogens is 1. The second kappa shape index (κ2) is 10.7. The van der Waals surface area contributed by atoms with Gasteiger partial charge in [-0.05, 0) is 43.2 Å². The number of amidine groups is 1. The van der Waals surface area contributed by atoms with Gasteiger partial charge < -0.3 is 16.2 Å². The normalized spacial score (nSPS) is 18.9. The van der Waals surface area contributed by atoms with Crippen molar-refractivity contribution in [2.45, 2.75) is 42.8 Å².